The van der Waals surface area contributed by atoms with Crippen molar-refractivity contribution in [2.75, 3.05) is 37.9 Å². The molecule has 3 heteroatoms. The highest BCUT2D eigenvalue weighted by Gasteiger charge is 2.32. The minimum atomic E-state index is 0.773. The molecule has 1 nitrogen and oxygen atoms in total. The van der Waals surface area contributed by atoms with Gasteiger partial charge < -0.3 is 4.48 Å². The second-order valence-corrected chi connectivity index (χ2v) is 5.60. The Labute approximate surface area is 104 Å². The van der Waals surface area contributed by atoms with E-state index < -0.39 is 0 Å². The van der Waals surface area contributed by atoms with Crippen LogP contribution in [0.15, 0.2) is 0 Å². The maximum Gasteiger partial charge on any atom is 0.0924 e. The van der Waals surface area contributed by atoms with Crippen molar-refractivity contribution in [2.24, 2.45) is 5.92 Å². The van der Waals surface area contributed by atoms with E-state index in [0.29, 0.717) is 0 Å². The first kappa shape index (κ1) is 13.6. The van der Waals surface area contributed by atoms with Crippen LogP contribution >= 0.6 is 23.2 Å². The number of likely N-dealkylation sites (tertiary alicyclic amines) is 1. The normalized spacial score (nSPS) is 21.8. The summed E-state index contributed by atoms with van der Waals surface area (Å²) in [6.07, 6.45) is 5.49. The maximum atomic E-state index is 5.90. The van der Waals surface area contributed by atoms with E-state index in [4.69, 9.17) is 23.2 Å². The van der Waals surface area contributed by atoms with Gasteiger partial charge in [0.2, 0.25) is 0 Å². The summed E-state index contributed by atoms with van der Waals surface area (Å²) in [4.78, 5) is 0. The first-order valence-corrected chi connectivity index (χ1v) is 7.30. The zero-order chi connectivity index (χ0) is 11.1. The number of piperidine rings is 1. The number of hydrogen-bond acceptors (Lipinski definition) is 0. The zero-order valence-corrected chi connectivity index (χ0v) is 11.4. The summed E-state index contributed by atoms with van der Waals surface area (Å²) in [5.41, 5.74) is 0. The SMILES string of the molecule is CCCC1CC[N+](CCCl)(CCCl)CC1. The minimum Gasteiger partial charge on any atom is -0.322 e. The van der Waals surface area contributed by atoms with Crippen LogP contribution in [0.25, 0.3) is 0 Å². The van der Waals surface area contributed by atoms with E-state index in [2.05, 4.69) is 6.92 Å². The highest BCUT2D eigenvalue weighted by Crippen LogP contribution is 2.27. The molecule has 1 heterocycles. The lowest BCUT2D eigenvalue weighted by Gasteiger charge is -2.43. The molecule has 0 unspecified atom stereocenters. The number of rotatable bonds is 6. The molecule has 0 atom stereocenters. The predicted octanol–water partition coefficient (Wildman–Crippen LogP) is 3.49. The Morgan fingerprint density at radius 2 is 1.60 bits per heavy atom. The largest absolute Gasteiger partial charge is 0.322 e. The second-order valence-electron chi connectivity index (χ2n) is 4.85. The van der Waals surface area contributed by atoms with Gasteiger partial charge in [0, 0.05) is 0 Å². The van der Waals surface area contributed by atoms with Gasteiger partial charge >= 0.3 is 0 Å². The zero-order valence-electron chi connectivity index (χ0n) is 9.85. The second kappa shape index (κ2) is 6.98. The van der Waals surface area contributed by atoms with Crippen LogP contribution in [0, 0.1) is 5.92 Å². The summed E-state index contributed by atoms with van der Waals surface area (Å²) in [6.45, 7) is 7.09. The summed E-state index contributed by atoms with van der Waals surface area (Å²) >= 11 is 11.8. The molecule has 1 aliphatic heterocycles. The first-order valence-electron chi connectivity index (χ1n) is 6.23. The van der Waals surface area contributed by atoms with Gasteiger partial charge in [0.1, 0.15) is 0 Å². The summed E-state index contributed by atoms with van der Waals surface area (Å²) in [5, 5.41) is 0. The number of quaternary nitrogens is 1. The molecule has 0 aliphatic carbocycles. The molecule has 0 N–H and O–H groups in total. The average molecular weight is 253 g/mol. The van der Waals surface area contributed by atoms with Crippen LogP contribution in [0.4, 0.5) is 0 Å². The molecule has 0 aromatic carbocycles. The van der Waals surface area contributed by atoms with Crippen LogP contribution in [0.2, 0.25) is 0 Å². The van der Waals surface area contributed by atoms with Gasteiger partial charge in [0.15, 0.2) is 0 Å². The summed E-state index contributed by atoms with van der Waals surface area (Å²) in [7, 11) is 0. The van der Waals surface area contributed by atoms with E-state index in [1.807, 2.05) is 0 Å². The third-order valence-corrected chi connectivity index (χ3v) is 4.18. The first-order chi connectivity index (χ1) is 7.26. The average Bonchev–Trinajstić information content (AvgIpc) is 2.23. The predicted molar refractivity (Wildman–Crippen MR) is 68.8 cm³/mol. The van der Waals surface area contributed by atoms with Gasteiger partial charge in [-0.15, -0.1) is 23.2 Å². The molecular weight excluding hydrogens is 229 g/mol. The molecule has 0 amide bonds. The molecule has 0 aromatic rings. The monoisotopic (exact) mass is 252 g/mol. The molecule has 1 fully saturated rings. The third-order valence-electron chi connectivity index (χ3n) is 3.84. The maximum absolute atomic E-state index is 5.90. The highest BCUT2D eigenvalue weighted by molar-refractivity contribution is 6.18. The van der Waals surface area contributed by atoms with Gasteiger partial charge in [-0.05, 0) is 18.8 Å². The van der Waals surface area contributed by atoms with E-state index in [0.717, 1.165) is 30.8 Å². The molecule has 1 saturated heterocycles. The summed E-state index contributed by atoms with van der Waals surface area (Å²) in [5.74, 6) is 2.51. The Morgan fingerprint density at radius 3 is 2.00 bits per heavy atom. The number of halogens is 2. The third kappa shape index (κ3) is 4.13. The van der Waals surface area contributed by atoms with Crippen LogP contribution in [0.3, 0.4) is 0 Å². The van der Waals surface area contributed by atoms with Crippen molar-refractivity contribution in [2.45, 2.75) is 32.6 Å². The molecule has 0 saturated carbocycles. The smallest absolute Gasteiger partial charge is 0.0924 e. The minimum absolute atomic E-state index is 0.773. The van der Waals surface area contributed by atoms with Crippen molar-refractivity contribution in [1.82, 2.24) is 0 Å². The van der Waals surface area contributed by atoms with Gasteiger partial charge in [-0.2, -0.15) is 0 Å². The van der Waals surface area contributed by atoms with Crippen LogP contribution < -0.4 is 0 Å². The van der Waals surface area contributed by atoms with Gasteiger partial charge in [-0.1, -0.05) is 19.8 Å². The molecule has 0 aromatic heterocycles. The molecule has 1 rings (SSSR count). The molecule has 0 radical (unpaired) electrons. The Kier molecular flexibility index (Phi) is 6.33. The van der Waals surface area contributed by atoms with Crippen molar-refractivity contribution in [3.05, 3.63) is 0 Å². The molecule has 0 spiro atoms. The Bertz CT molecular complexity index is 157. The lowest BCUT2D eigenvalue weighted by molar-refractivity contribution is -0.929. The van der Waals surface area contributed by atoms with Crippen molar-refractivity contribution in [3.8, 4) is 0 Å². The fourth-order valence-corrected chi connectivity index (χ4v) is 3.50. The van der Waals surface area contributed by atoms with Gasteiger partial charge in [-0.3, -0.25) is 0 Å². The van der Waals surface area contributed by atoms with Crippen LogP contribution in [0.5, 0.6) is 0 Å². The topological polar surface area (TPSA) is 0 Å². The van der Waals surface area contributed by atoms with Crippen molar-refractivity contribution >= 4 is 23.2 Å². The van der Waals surface area contributed by atoms with Crippen molar-refractivity contribution < 1.29 is 4.48 Å². The standard InChI is InChI=1S/C12H24Cl2N/c1-2-3-12-4-8-15(9-5-12,10-6-13)11-7-14/h12H,2-11H2,1H3/q+1. The van der Waals surface area contributed by atoms with Crippen LogP contribution in [-0.2, 0) is 0 Å². The fraction of sp³-hybridized carbons (Fsp3) is 1.00. The van der Waals surface area contributed by atoms with E-state index in [9.17, 15) is 0 Å². The molecule has 15 heavy (non-hydrogen) atoms. The Hall–Kier alpha value is 0.540. The van der Waals surface area contributed by atoms with E-state index in [1.54, 1.807) is 0 Å². The van der Waals surface area contributed by atoms with Gasteiger partial charge in [-0.25, -0.2) is 0 Å². The lowest BCUT2D eigenvalue weighted by Crippen LogP contribution is -2.55. The molecule has 1 aliphatic rings. The van der Waals surface area contributed by atoms with Crippen molar-refractivity contribution in [1.29, 1.82) is 0 Å². The number of hydrogen-bond donors (Lipinski definition) is 0. The number of alkyl halides is 2. The quantitative estimate of drug-likeness (QED) is 0.502. The Morgan fingerprint density at radius 1 is 1.07 bits per heavy atom. The van der Waals surface area contributed by atoms with Gasteiger partial charge in [0.05, 0.1) is 37.9 Å². The van der Waals surface area contributed by atoms with Gasteiger partial charge in [0.25, 0.3) is 0 Å². The van der Waals surface area contributed by atoms with E-state index in [-0.39, 0.29) is 0 Å². The molecule has 0 bridgehead atoms. The number of nitrogens with zero attached hydrogens (tertiary/aromatic N) is 1. The highest BCUT2D eigenvalue weighted by atomic mass is 35.5. The molecule has 90 valence electrons. The summed E-state index contributed by atoms with van der Waals surface area (Å²) in [6, 6.07) is 0. The molecular formula is C12H24Cl2N+. The van der Waals surface area contributed by atoms with Crippen molar-refractivity contribution in [3.63, 3.8) is 0 Å². The fourth-order valence-electron chi connectivity index (χ4n) is 2.78. The Balaban J connectivity index is 2.41. The van der Waals surface area contributed by atoms with Crippen LogP contribution in [-0.4, -0.2) is 42.4 Å². The lowest BCUT2D eigenvalue weighted by atomic mass is 9.91. The van der Waals surface area contributed by atoms with E-state index >= 15 is 0 Å². The summed E-state index contributed by atoms with van der Waals surface area (Å²) < 4.78 is 1.17. The van der Waals surface area contributed by atoms with E-state index in [1.165, 1.54) is 43.3 Å². The van der Waals surface area contributed by atoms with Crippen LogP contribution in [0.1, 0.15) is 32.6 Å².